The van der Waals surface area contributed by atoms with Crippen LogP contribution in [0.5, 0.6) is 0 Å². The standard InChI is InChI=1S/C24H24N4O3/c1-27-10-12-28(13-11-27)24(30)21-8-6-16(15-25-21)22-9-7-17(31-22)14-19-18-4-2-3-5-20(18)26-23(19)29/h2-6,8-9,14-15,17H,7,10-13H2,1H3,(H,26,29)/b19-14+. The monoisotopic (exact) mass is 416 g/mol. The van der Waals surface area contributed by atoms with E-state index in [4.69, 9.17) is 4.74 Å². The summed E-state index contributed by atoms with van der Waals surface area (Å²) >= 11 is 0. The lowest BCUT2D eigenvalue weighted by Crippen LogP contribution is -2.47. The van der Waals surface area contributed by atoms with Gasteiger partial charge in [0.25, 0.3) is 11.8 Å². The summed E-state index contributed by atoms with van der Waals surface area (Å²) in [4.78, 5) is 33.4. The Bertz CT molecular complexity index is 1080. The second kappa shape index (κ2) is 8.00. The molecule has 1 N–H and O–H groups in total. The number of piperazine rings is 1. The van der Waals surface area contributed by atoms with E-state index in [-0.39, 0.29) is 17.9 Å². The minimum Gasteiger partial charge on any atom is -0.486 e. The molecule has 4 heterocycles. The van der Waals surface area contributed by atoms with Crippen molar-refractivity contribution < 1.29 is 14.3 Å². The highest BCUT2D eigenvalue weighted by Crippen LogP contribution is 2.34. The molecule has 1 saturated heterocycles. The van der Waals surface area contributed by atoms with Gasteiger partial charge in [0, 0.05) is 61.2 Å². The van der Waals surface area contributed by atoms with Crippen molar-refractivity contribution in [2.45, 2.75) is 12.5 Å². The summed E-state index contributed by atoms with van der Waals surface area (Å²) in [7, 11) is 2.06. The Morgan fingerprint density at radius 3 is 2.74 bits per heavy atom. The third-order valence-electron chi connectivity index (χ3n) is 5.93. The molecule has 0 radical (unpaired) electrons. The molecular weight excluding hydrogens is 392 g/mol. The summed E-state index contributed by atoms with van der Waals surface area (Å²) in [6, 6.07) is 11.3. The lowest BCUT2D eigenvalue weighted by atomic mass is 10.0. The fraction of sp³-hybridized carbons (Fsp3) is 0.292. The van der Waals surface area contributed by atoms with Crippen LogP contribution < -0.4 is 5.32 Å². The fourth-order valence-corrected chi connectivity index (χ4v) is 4.10. The van der Waals surface area contributed by atoms with Gasteiger partial charge >= 0.3 is 0 Å². The molecule has 0 spiro atoms. The summed E-state index contributed by atoms with van der Waals surface area (Å²) in [6.07, 6.45) is 6.02. The number of para-hydroxylation sites is 1. The number of carbonyl (C=O) groups excluding carboxylic acids is 2. The molecule has 31 heavy (non-hydrogen) atoms. The molecule has 7 nitrogen and oxygen atoms in total. The molecule has 0 bridgehead atoms. The van der Waals surface area contributed by atoms with Gasteiger partial charge < -0.3 is 19.9 Å². The zero-order chi connectivity index (χ0) is 21.4. The van der Waals surface area contributed by atoms with Crippen LogP contribution in [0.25, 0.3) is 11.3 Å². The smallest absolute Gasteiger partial charge is 0.272 e. The number of hydrogen-bond acceptors (Lipinski definition) is 5. The molecule has 158 valence electrons. The van der Waals surface area contributed by atoms with Gasteiger partial charge in [-0.15, -0.1) is 0 Å². The van der Waals surface area contributed by atoms with Gasteiger partial charge in [0.05, 0.1) is 0 Å². The number of rotatable bonds is 3. The Morgan fingerprint density at radius 2 is 1.97 bits per heavy atom. The highest BCUT2D eigenvalue weighted by Gasteiger charge is 2.27. The molecule has 1 aromatic carbocycles. The topological polar surface area (TPSA) is 74.8 Å². The molecule has 2 amide bonds. The average Bonchev–Trinajstić information content (AvgIpc) is 3.39. The summed E-state index contributed by atoms with van der Waals surface area (Å²) in [5, 5.41) is 2.88. The Balaban J connectivity index is 1.25. The number of nitrogens with zero attached hydrogens (tertiary/aromatic N) is 3. The molecule has 3 aliphatic heterocycles. The van der Waals surface area contributed by atoms with E-state index in [1.54, 1.807) is 12.3 Å². The number of fused-ring (bicyclic) bond motifs is 1. The molecule has 1 unspecified atom stereocenters. The SMILES string of the molecule is CN1CCN(C(=O)c2ccc(C3=CCC(/C=C4/C(=O)Nc5ccccc54)O3)cn2)CC1. The minimum atomic E-state index is -0.214. The largest absolute Gasteiger partial charge is 0.486 e. The van der Waals surface area contributed by atoms with Gasteiger partial charge in [0.2, 0.25) is 0 Å². The van der Waals surface area contributed by atoms with Crippen LogP contribution in [0.1, 0.15) is 28.0 Å². The third-order valence-corrected chi connectivity index (χ3v) is 5.93. The highest BCUT2D eigenvalue weighted by atomic mass is 16.5. The fourth-order valence-electron chi connectivity index (χ4n) is 4.10. The van der Waals surface area contributed by atoms with Gasteiger partial charge in [-0.1, -0.05) is 18.2 Å². The lowest BCUT2D eigenvalue weighted by molar-refractivity contribution is -0.110. The predicted octanol–water partition coefficient (Wildman–Crippen LogP) is 2.63. The van der Waals surface area contributed by atoms with Gasteiger partial charge in [-0.05, 0) is 37.4 Å². The summed E-state index contributed by atoms with van der Waals surface area (Å²) < 4.78 is 6.07. The number of carbonyl (C=O) groups is 2. The van der Waals surface area contributed by atoms with Crippen molar-refractivity contribution >= 4 is 28.8 Å². The van der Waals surface area contributed by atoms with E-state index in [2.05, 4.69) is 22.2 Å². The number of benzene rings is 1. The first-order valence-electron chi connectivity index (χ1n) is 10.5. The maximum atomic E-state index is 12.7. The van der Waals surface area contributed by atoms with Crippen LogP contribution in [0.15, 0.2) is 54.7 Å². The maximum Gasteiger partial charge on any atom is 0.272 e. The molecular formula is C24H24N4O3. The number of nitrogens with one attached hydrogen (secondary N) is 1. The zero-order valence-electron chi connectivity index (χ0n) is 17.4. The number of ether oxygens (including phenoxy) is 1. The van der Waals surface area contributed by atoms with Gasteiger partial charge in [0.15, 0.2) is 0 Å². The van der Waals surface area contributed by atoms with Crippen molar-refractivity contribution in [1.82, 2.24) is 14.8 Å². The maximum absolute atomic E-state index is 12.7. The predicted molar refractivity (Wildman–Crippen MR) is 118 cm³/mol. The van der Waals surface area contributed by atoms with Crippen LogP contribution in [0.3, 0.4) is 0 Å². The first-order valence-corrected chi connectivity index (χ1v) is 10.5. The van der Waals surface area contributed by atoms with Gasteiger partial charge in [-0.2, -0.15) is 0 Å². The molecule has 1 fully saturated rings. The Hall–Kier alpha value is -3.45. The summed E-state index contributed by atoms with van der Waals surface area (Å²) in [5.74, 6) is 0.584. The Morgan fingerprint density at radius 1 is 1.16 bits per heavy atom. The average molecular weight is 416 g/mol. The minimum absolute atomic E-state index is 0.0329. The van der Waals surface area contributed by atoms with Crippen molar-refractivity contribution in [2.75, 3.05) is 38.5 Å². The van der Waals surface area contributed by atoms with Gasteiger partial charge in [-0.3, -0.25) is 14.6 Å². The van der Waals surface area contributed by atoms with Crippen LogP contribution >= 0.6 is 0 Å². The molecule has 0 saturated carbocycles. The molecule has 1 aromatic heterocycles. The van der Waals surface area contributed by atoms with E-state index < -0.39 is 0 Å². The second-order valence-corrected chi connectivity index (χ2v) is 8.07. The number of likely N-dealkylation sites (N-methyl/N-ethyl adjacent to an activating group) is 1. The quantitative estimate of drug-likeness (QED) is 0.779. The molecule has 5 rings (SSSR count). The van der Waals surface area contributed by atoms with E-state index in [1.165, 1.54) is 0 Å². The van der Waals surface area contributed by atoms with Crippen molar-refractivity contribution in [3.8, 4) is 0 Å². The number of anilines is 1. The van der Waals surface area contributed by atoms with Crippen molar-refractivity contribution in [2.24, 2.45) is 0 Å². The summed E-state index contributed by atoms with van der Waals surface area (Å²) in [5.41, 5.74) is 3.64. The van der Waals surface area contributed by atoms with Crippen LogP contribution in [0.2, 0.25) is 0 Å². The molecule has 0 aliphatic carbocycles. The third kappa shape index (κ3) is 3.84. The molecule has 7 heteroatoms. The Kier molecular flexibility index (Phi) is 5.03. The molecule has 2 aromatic rings. The normalized spacial score (nSPS) is 22.2. The van der Waals surface area contributed by atoms with Gasteiger partial charge in [0.1, 0.15) is 17.6 Å². The van der Waals surface area contributed by atoms with Crippen molar-refractivity contribution in [1.29, 1.82) is 0 Å². The van der Waals surface area contributed by atoms with Crippen LogP contribution in [-0.2, 0) is 9.53 Å². The zero-order valence-corrected chi connectivity index (χ0v) is 17.4. The van der Waals surface area contributed by atoms with Gasteiger partial charge in [-0.25, -0.2) is 0 Å². The summed E-state index contributed by atoms with van der Waals surface area (Å²) in [6.45, 7) is 3.20. The van der Waals surface area contributed by atoms with Crippen LogP contribution in [0, 0.1) is 0 Å². The first-order chi connectivity index (χ1) is 15.1. The number of amides is 2. The molecule has 3 aliphatic rings. The van der Waals surface area contributed by atoms with Crippen molar-refractivity contribution in [3.63, 3.8) is 0 Å². The number of aromatic nitrogens is 1. The van der Waals surface area contributed by atoms with Crippen LogP contribution in [-0.4, -0.2) is 65.9 Å². The van der Waals surface area contributed by atoms with E-state index >= 15 is 0 Å². The van der Waals surface area contributed by atoms with E-state index in [1.807, 2.05) is 47.4 Å². The van der Waals surface area contributed by atoms with E-state index in [9.17, 15) is 9.59 Å². The lowest BCUT2D eigenvalue weighted by Gasteiger charge is -2.32. The highest BCUT2D eigenvalue weighted by molar-refractivity contribution is 6.31. The van der Waals surface area contributed by atoms with E-state index in [0.29, 0.717) is 17.7 Å². The number of hydrogen-bond donors (Lipinski definition) is 1. The van der Waals surface area contributed by atoms with Crippen molar-refractivity contribution in [3.05, 3.63) is 71.6 Å². The molecule has 1 atom stereocenters. The Labute approximate surface area is 181 Å². The van der Waals surface area contributed by atoms with E-state index in [0.717, 1.165) is 48.8 Å². The van der Waals surface area contributed by atoms with Crippen LogP contribution in [0.4, 0.5) is 5.69 Å². The second-order valence-electron chi connectivity index (χ2n) is 8.07. The number of pyridine rings is 1. The first kappa shape index (κ1) is 19.5.